The van der Waals surface area contributed by atoms with Crippen LogP contribution in [0, 0.1) is 0 Å². The van der Waals surface area contributed by atoms with Gasteiger partial charge in [0.25, 0.3) is 0 Å². The summed E-state index contributed by atoms with van der Waals surface area (Å²) in [6, 6.07) is 1.41. The minimum absolute atomic E-state index is 0.0799. The second-order valence-electron chi connectivity index (χ2n) is 2.30. The van der Waals surface area contributed by atoms with Gasteiger partial charge in [-0.15, -0.1) is 0 Å². The number of hydrogen-bond donors (Lipinski definition) is 2. The number of aliphatic hydroxyl groups is 1. The molecule has 0 fully saturated rings. The van der Waals surface area contributed by atoms with Crippen molar-refractivity contribution in [2.45, 2.75) is 6.04 Å². The third-order valence-electron chi connectivity index (χ3n) is 1.42. The molecule has 4 nitrogen and oxygen atoms in total. The highest BCUT2D eigenvalue weighted by atomic mass is 79.9. The van der Waals surface area contributed by atoms with Crippen LogP contribution >= 0.6 is 15.9 Å². The van der Waals surface area contributed by atoms with Crippen molar-refractivity contribution in [3.05, 3.63) is 16.4 Å². The monoisotopic (exact) mass is 219 g/mol. The van der Waals surface area contributed by atoms with E-state index in [0.717, 1.165) is 4.60 Å². The summed E-state index contributed by atoms with van der Waals surface area (Å²) >= 11 is 3.28. The number of hydrogen-bond acceptors (Lipinski definition) is 3. The Morgan fingerprint density at radius 1 is 1.91 bits per heavy atom. The lowest BCUT2D eigenvalue weighted by molar-refractivity contribution is 0.265. The number of rotatable bonds is 2. The van der Waals surface area contributed by atoms with Gasteiger partial charge >= 0.3 is 0 Å². The summed E-state index contributed by atoms with van der Waals surface area (Å²) in [6.45, 7) is -0.0799. The third-order valence-corrected chi connectivity index (χ3v) is 2.16. The number of aromatic nitrogens is 2. The van der Waals surface area contributed by atoms with Gasteiger partial charge in [0.05, 0.1) is 18.3 Å². The number of nitrogens with zero attached hydrogens (tertiary/aromatic N) is 2. The largest absolute Gasteiger partial charge is 0.394 e. The Hall–Kier alpha value is -0.390. The average molecular weight is 220 g/mol. The van der Waals surface area contributed by atoms with Crippen LogP contribution in [0.15, 0.2) is 10.7 Å². The molecule has 1 unspecified atom stereocenters. The van der Waals surface area contributed by atoms with Crippen molar-refractivity contribution in [2.75, 3.05) is 6.61 Å². The minimum Gasteiger partial charge on any atom is -0.394 e. The lowest BCUT2D eigenvalue weighted by atomic mass is 10.2. The smallest absolute Gasteiger partial charge is 0.104 e. The lowest BCUT2D eigenvalue weighted by Gasteiger charge is -2.01. The van der Waals surface area contributed by atoms with Crippen molar-refractivity contribution < 1.29 is 5.11 Å². The van der Waals surface area contributed by atoms with E-state index in [2.05, 4.69) is 21.0 Å². The van der Waals surface area contributed by atoms with Crippen molar-refractivity contribution in [3.63, 3.8) is 0 Å². The van der Waals surface area contributed by atoms with Crippen molar-refractivity contribution in [1.82, 2.24) is 9.78 Å². The first-order chi connectivity index (χ1) is 5.15. The first-order valence-corrected chi connectivity index (χ1v) is 4.00. The molecule has 11 heavy (non-hydrogen) atoms. The van der Waals surface area contributed by atoms with Gasteiger partial charge in [-0.2, -0.15) is 5.10 Å². The van der Waals surface area contributed by atoms with Gasteiger partial charge in [-0.05, 0) is 22.0 Å². The quantitative estimate of drug-likeness (QED) is 0.746. The molecule has 1 aromatic rings. The van der Waals surface area contributed by atoms with E-state index in [0.29, 0.717) is 5.69 Å². The van der Waals surface area contributed by atoms with Gasteiger partial charge in [0.1, 0.15) is 4.60 Å². The molecule has 0 aliphatic rings. The summed E-state index contributed by atoms with van der Waals surface area (Å²) in [5, 5.41) is 12.8. The molecule has 0 spiro atoms. The van der Waals surface area contributed by atoms with E-state index >= 15 is 0 Å². The maximum atomic E-state index is 8.70. The lowest BCUT2D eigenvalue weighted by Crippen LogP contribution is -2.15. The van der Waals surface area contributed by atoms with Gasteiger partial charge in [-0.1, -0.05) is 0 Å². The Morgan fingerprint density at radius 2 is 2.55 bits per heavy atom. The highest BCUT2D eigenvalue weighted by Crippen LogP contribution is 2.14. The molecule has 0 aliphatic carbocycles. The van der Waals surface area contributed by atoms with E-state index in [1.54, 1.807) is 17.8 Å². The Bertz CT molecular complexity index is 228. The second-order valence-corrected chi connectivity index (χ2v) is 3.12. The van der Waals surface area contributed by atoms with Gasteiger partial charge in [-0.3, -0.25) is 4.68 Å². The normalized spacial score (nSPS) is 13.5. The number of halogens is 1. The van der Waals surface area contributed by atoms with Crippen LogP contribution in [0.4, 0.5) is 0 Å². The molecule has 0 bridgehead atoms. The Balaban J connectivity index is 2.88. The molecule has 1 heterocycles. The first kappa shape index (κ1) is 8.70. The maximum Gasteiger partial charge on any atom is 0.104 e. The molecule has 1 aromatic heterocycles. The molecule has 1 rings (SSSR count). The summed E-state index contributed by atoms with van der Waals surface area (Å²) in [6.07, 6.45) is 0. The Labute approximate surface area is 73.1 Å². The molecule has 62 valence electrons. The zero-order valence-electron chi connectivity index (χ0n) is 6.16. The average Bonchev–Trinajstić information content (AvgIpc) is 2.31. The highest BCUT2D eigenvalue weighted by Gasteiger charge is 2.09. The Kier molecular flexibility index (Phi) is 2.64. The summed E-state index contributed by atoms with van der Waals surface area (Å²) < 4.78 is 2.52. The van der Waals surface area contributed by atoms with Crippen LogP contribution in [0.25, 0.3) is 0 Å². The molecule has 0 aromatic carbocycles. The SMILES string of the molecule is Cn1nc(C(N)CO)cc1Br. The van der Waals surface area contributed by atoms with Crippen LogP contribution in [0.5, 0.6) is 0 Å². The Morgan fingerprint density at radius 3 is 2.91 bits per heavy atom. The van der Waals surface area contributed by atoms with Crippen LogP contribution < -0.4 is 5.73 Å². The predicted octanol–water partition coefficient (Wildman–Crippen LogP) is 0.175. The second kappa shape index (κ2) is 3.34. The molecule has 1 atom stereocenters. The van der Waals surface area contributed by atoms with E-state index in [1.165, 1.54) is 0 Å². The topological polar surface area (TPSA) is 64.1 Å². The van der Waals surface area contributed by atoms with Gasteiger partial charge in [-0.25, -0.2) is 0 Å². The molecule has 0 radical (unpaired) electrons. The van der Waals surface area contributed by atoms with Gasteiger partial charge in [0.15, 0.2) is 0 Å². The molecular formula is C6H10BrN3O. The van der Waals surface area contributed by atoms with E-state index in [4.69, 9.17) is 10.8 Å². The first-order valence-electron chi connectivity index (χ1n) is 3.21. The fraction of sp³-hybridized carbons (Fsp3) is 0.500. The molecule has 3 N–H and O–H groups in total. The third kappa shape index (κ3) is 1.79. The fourth-order valence-corrected chi connectivity index (χ4v) is 1.05. The van der Waals surface area contributed by atoms with Gasteiger partial charge < -0.3 is 10.8 Å². The number of nitrogens with two attached hydrogens (primary N) is 1. The van der Waals surface area contributed by atoms with E-state index < -0.39 is 0 Å². The molecule has 0 saturated heterocycles. The summed E-state index contributed by atoms with van der Waals surface area (Å²) in [5.74, 6) is 0. The van der Waals surface area contributed by atoms with Crippen molar-refractivity contribution in [2.24, 2.45) is 12.8 Å². The number of aliphatic hydroxyl groups excluding tert-OH is 1. The van der Waals surface area contributed by atoms with Crippen LogP contribution in [0.3, 0.4) is 0 Å². The fourth-order valence-electron chi connectivity index (χ4n) is 0.740. The summed E-state index contributed by atoms with van der Waals surface area (Å²) in [7, 11) is 1.80. The van der Waals surface area contributed by atoms with Crippen molar-refractivity contribution in [3.8, 4) is 0 Å². The van der Waals surface area contributed by atoms with Crippen LogP contribution in [-0.4, -0.2) is 21.5 Å². The summed E-state index contributed by atoms with van der Waals surface area (Å²) in [4.78, 5) is 0. The number of aryl methyl sites for hydroxylation is 1. The van der Waals surface area contributed by atoms with Crippen molar-refractivity contribution >= 4 is 15.9 Å². The zero-order chi connectivity index (χ0) is 8.43. The van der Waals surface area contributed by atoms with E-state index in [1.807, 2.05) is 0 Å². The van der Waals surface area contributed by atoms with E-state index in [9.17, 15) is 0 Å². The van der Waals surface area contributed by atoms with Crippen LogP contribution in [0.1, 0.15) is 11.7 Å². The van der Waals surface area contributed by atoms with Gasteiger partial charge in [0, 0.05) is 7.05 Å². The molecular weight excluding hydrogens is 210 g/mol. The zero-order valence-corrected chi connectivity index (χ0v) is 7.74. The minimum atomic E-state index is -0.382. The maximum absolute atomic E-state index is 8.70. The molecule has 5 heteroatoms. The predicted molar refractivity (Wildman–Crippen MR) is 44.9 cm³/mol. The van der Waals surface area contributed by atoms with Gasteiger partial charge in [0.2, 0.25) is 0 Å². The molecule has 0 aliphatic heterocycles. The standard InChI is InChI=1S/C6H10BrN3O/c1-10-6(7)2-5(9-10)4(8)3-11/h2,4,11H,3,8H2,1H3. The van der Waals surface area contributed by atoms with E-state index in [-0.39, 0.29) is 12.6 Å². The molecule has 0 amide bonds. The molecule has 0 saturated carbocycles. The van der Waals surface area contributed by atoms with Crippen molar-refractivity contribution in [1.29, 1.82) is 0 Å². The summed E-state index contributed by atoms with van der Waals surface area (Å²) in [5.41, 5.74) is 6.23. The highest BCUT2D eigenvalue weighted by molar-refractivity contribution is 9.10. The van der Waals surface area contributed by atoms with Crippen LogP contribution in [0.2, 0.25) is 0 Å². The van der Waals surface area contributed by atoms with Crippen LogP contribution in [-0.2, 0) is 7.05 Å².